The predicted molar refractivity (Wildman–Crippen MR) is 273 cm³/mol. The maximum absolute atomic E-state index is 6.78. The molecule has 0 aliphatic carbocycles. The van der Waals surface area contributed by atoms with E-state index in [0.29, 0.717) is 17.5 Å². The van der Waals surface area contributed by atoms with Gasteiger partial charge in [-0.05, 0) is 63.7 Å². The Hall–Kier alpha value is -6.89. The van der Waals surface area contributed by atoms with Crippen LogP contribution in [-0.4, -0.2) is 54.2 Å². The largest absolute Gasteiger partial charge is 0.455 e. The third-order valence-corrected chi connectivity index (χ3v) is 14.0. The molecule has 0 saturated heterocycles. The molecule has 0 N–H and O–H groups in total. The van der Waals surface area contributed by atoms with Crippen LogP contribution >= 0.6 is 11.3 Å². The highest BCUT2D eigenvalue weighted by Crippen LogP contribution is 2.41. The van der Waals surface area contributed by atoms with E-state index in [1.54, 1.807) is 11.3 Å². The van der Waals surface area contributed by atoms with Crippen molar-refractivity contribution in [3.05, 3.63) is 158 Å². The van der Waals surface area contributed by atoms with E-state index < -0.39 is 0 Å². The summed E-state index contributed by atoms with van der Waals surface area (Å²) in [7, 11) is 11.2. The first-order chi connectivity index (χ1) is 29.8. The average molecular weight is 793 g/mol. The highest BCUT2D eigenvalue weighted by Gasteiger charge is 2.20. The molecule has 0 bridgehead atoms. The first-order valence-electron chi connectivity index (χ1n) is 20.8. The lowest BCUT2D eigenvalue weighted by atomic mass is 9.59. The van der Waals surface area contributed by atoms with Crippen LogP contribution in [0.3, 0.4) is 0 Å². The summed E-state index contributed by atoms with van der Waals surface area (Å²) < 4.78 is 9.18. The lowest BCUT2D eigenvalue weighted by molar-refractivity contribution is 0.669. The minimum atomic E-state index is 0.574. The van der Waals surface area contributed by atoms with Crippen molar-refractivity contribution in [2.45, 2.75) is 0 Å². The zero-order valence-electron chi connectivity index (χ0n) is 34.7. The second-order valence-electron chi connectivity index (χ2n) is 16.1. The summed E-state index contributed by atoms with van der Waals surface area (Å²) in [6.07, 6.45) is 0. The van der Waals surface area contributed by atoms with Crippen LogP contribution in [0.5, 0.6) is 0 Å². The number of hydrogen-bond donors (Lipinski definition) is 0. The Morgan fingerprint density at radius 1 is 0.377 bits per heavy atom. The monoisotopic (exact) mass is 793 g/mol. The molecule has 0 spiro atoms. The Labute approximate surface area is 362 Å². The van der Waals surface area contributed by atoms with Crippen LogP contribution in [-0.2, 0) is 0 Å². The molecular weight excluding hydrogens is 757 g/mol. The molecule has 8 aromatic carbocycles. The molecule has 0 amide bonds. The number of thiophene rings is 1. The van der Waals surface area contributed by atoms with Gasteiger partial charge in [-0.25, -0.2) is 15.0 Å². The number of rotatable bonds is 6. The molecule has 0 unspecified atom stereocenters. The lowest BCUT2D eigenvalue weighted by Crippen LogP contribution is -2.55. The quantitative estimate of drug-likeness (QED) is 0.211. The van der Waals surface area contributed by atoms with Crippen LogP contribution in [0, 0.1) is 0 Å². The van der Waals surface area contributed by atoms with Crippen LogP contribution in [0.4, 0.5) is 0 Å². The van der Waals surface area contributed by atoms with E-state index in [1.165, 1.54) is 65.0 Å². The van der Waals surface area contributed by atoms with Gasteiger partial charge in [0.1, 0.15) is 50.4 Å². The minimum absolute atomic E-state index is 0.574. The van der Waals surface area contributed by atoms with Gasteiger partial charge in [0, 0.05) is 42.1 Å². The summed E-state index contributed by atoms with van der Waals surface area (Å²) in [5.41, 5.74) is 18.4. The van der Waals surface area contributed by atoms with Crippen molar-refractivity contribution in [1.29, 1.82) is 0 Å². The molecule has 282 valence electrons. The van der Waals surface area contributed by atoms with Crippen molar-refractivity contribution in [3.8, 4) is 67.5 Å². The van der Waals surface area contributed by atoms with Crippen molar-refractivity contribution < 1.29 is 4.42 Å². The van der Waals surface area contributed by atoms with E-state index in [9.17, 15) is 0 Å². The summed E-state index contributed by atoms with van der Waals surface area (Å²) in [6.45, 7) is 0. The van der Waals surface area contributed by atoms with Gasteiger partial charge in [-0.2, -0.15) is 0 Å². The van der Waals surface area contributed by atoms with Crippen molar-refractivity contribution in [2.75, 3.05) is 0 Å². The number of aromatic nitrogens is 3. The Balaban J connectivity index is 0.957. The Bertz CT molecular complexity index is 3500. The van der Waals surface area contributed by atoms with Crippen LogP contribution in [0.15, 0.2) is 162 Å². The van der Waals surface area contributed by atoms with Crippen LogP contribution < -0.4 is 27.3 Å². The third-order valence-electron chi connectivity index (χ3n) is 12.8. The number of para-hydroxylation sites is 1. The van der Waals surface area contributed by atoms with Crippen LogP contribution in [0.25, 0.3) is 110 Å². The fourth-order valence-corrected chi connectivity index (χ4v) is 10.2. The molecule has 0 saturated carbocycles. The smallest absolute Gasteiger partial charge is 0.167 e. The SMILES string of the molecule is Bc1c(B)c(B)c(-c2ccc(-c3ccc(-c4ccc5c(c4)oc4c(-c6nc(-c7ccccc7)nc(-c7cccc8c7sc7ccccc78)n6)cccc45)cc3)cc2)c(B)c1B. The fraction of sp³-hybridized carbons (Fsp3) is 0. The summed E-state index contributed by atoms with van der Waals surface area (Å²) >= 11 is 1.77. The van der Waals surface area contributed by atoms with Crippen molar-refractivity contribution in [3.63, 3.8) is 0 Å². The Kier molecular flexibility index (Phi) is 8.94. The van der Waals surface area contributed by atoms with E-state index >= 15 is 0 Å². The molecule has 11 rings (SSSR count). The minimum Gasteiger partial charge on any atom is -0.455 e. The Morgan fingerprint density at radius 2 is 0.902 bits per heavy atom. The number of benzene rings is 8. The van der Waals surface area contributed by atoms with Gasteiger partial charge >= 0.3 is 0 Å². The number of fused-ring (bicyclic) bond motifs is 6. The number of furan rings is 1. The molecule has 4 nitrogen and oxygen atoms in total. The Morgan fingerprint density at radius 3 is 1.61 bits per heavy atom. The summed E-state index contributed by atoms with van der Waals surface area (Å²) in [5, 5.41) is 4.51. The van der Waals surface area contributed by atoms with Gasteiger partial charge in [0.25, 0.3) is 0 Å². The van der Waals surface area contributed by atoms with Gasteiger partial charge in [0.05, 0.1) is 5.56 Å². The second kappa shape index (κ2) is 14.7. The third kappa shape index (κ3) is 6.24. The second-order valence-corrected chi connectivity index (χ2v) is 17.2. The normalized spacial score (nSPS) is 11.6. The van der Waals surface area contributed by atoms with Gasteiger partial charge < -0.3 is 4.42 Å². The molecule has 3 aromatic heterocycles. The molecule has 0 fully saturated rings. The van der Waals surface area contributed by atoms with Crippen molar-refractivity contribution in [2.24, 2.45) is 0 Å². The zero-order valence-corrected chi connectivity index (χ0v) is 35.5. The highest BCUT2D eigenvalue weighted by molar-refractivity contribution is 7.26. The van der Waals surface area contributed by atoms with Gasteiger partial charge in [-0.1, -0.05) is 138 Å². The lowest BCUT2D eigenvalue weighted by Gasteiger charge is -2.20. The van der Waals surface area contributed by atoms with E-state index in [-0.39, 0.29) is 0 Å². The maximum atomic E-state index is 6.78. The summed E-state index contributed by atoms with van der Waals surface area (Å²) in [4.78, 5) is 15.4. The van der Waals surface area contributed by atoms with Gasteiger partial charge in [-0.3, -0.25) is 0 Å². The molecule has 0 aliphatic heterocycles. The van der Waals surface area contributed by atoms with Crippen molar-refractivity contribution in [1.82, 2.24) is 15.0 Å². The molecule has 61 heavy (non-hydrogen) atoms. The molecule has 0 aliphatic rings. The van der Waals surface area contributed by atoms with Crippen LogP contribution in [0.2, 0.25) is 0 Å². The molecule has 3 heterocycles. The first-order valence-corrected chi connectivity index (χ1v) is 21.6. The highest BCUT2D eigenvalue weighted by atomic mass is 32.1. The van der Waals surface area contributed by atoms with Gasteiger partial charge in [0.2, 0.25) is 0 Å². The van der Waals surface area contributed by atoms with Crippen molar-refractivity contribution >= 4 is 120 Å². The summed E-state index contributed by atoms with van der Waals surface area (Å²) in [5.74, 6) is 1.83. The van der Waals surface area contributed by atoms with Gasteiger partial charge in [-0.15, -0.1) is 27.7 Å². The molecule has 0 atom stereocenters. The topological polar surface area (TPSA) is 51.8 Å². The fourth-order valence-electron chi connectivity index (χ4n) is 9.03. The van der Waals surface area contributed by atoms with E-state index in [0.717, 1.165) is 54.5 Å². The number of hydrogen-bond acceptors (Lipinski definition) is 5. The maximum Gasteiger partial charge on any atom is 0.167 e. The zero-order chi connectivity index (χ0) is 41.4. The van der Waals surface area contributed by atoms with E-state index in [1.807, 2.05) is 30.3 Å². The van der Waals surface area contributed by atoms with Gasteiger partial charge in [0.15, 0.2) is 17.5 Å². The summed E-state index contributed by atoms with van der Waals surface area (Å²) in [6, 6.07) is 55.7. The predicted octanol–water partition coefficient (Wildman–Crippen LogP) is 5.43. The molecular formula is C51H36B5N3OS. The first kappa shape index (κ1) is 37.1. The standard InChI is InChI=1S/C51H36B5N3OS/c52-42-41(43(53)45(55)46(56)44(42)54)30-22-20-28(21-23-30)27-16-18-29(19-17-27)32-24-25-33-35-11-6-13-37(47(35)60-39(33)26-32)50-57-49(31-8-2-1-3-9-31)58-51(59-50)38-14-7-12-36-34-10-4-5-15-40(34)61-48(36)38/h1-26H,52-56H2. The number of nitrogens with zero attached hydrogens (tertiary/aromatic N) is 3. The van der Waals surface area contributed by atoms with E-state index in [2.05, 4.69) is 167 Å². The molecule has 11 aromatic rings. The average Bonchev–Trinajstić information content (AvgIpc) is 3.89. The molecule has 0 radical (unpaired) electrons. The molecule has 10 heteroatoms. The van der Waals surface area contributed by atoms with Crippen LogP contribution in [0.1, 0.15) is 0 Å². The van der Waals surface area contributed by atoms with E-state index in [4.69, 9.17) is 19.4 Å².